The van der Waals surface area contributed by atoms with E-state index in [0.717, 1.165) is 12.1 Å². The van der Waals surface area contributed by atoms with Gasteiger partial charge in [-0.05, 0) is 62.1 Å². The predicted octanol–water partition coefficient (Wildman–Crippen LogP) is 8.71. The van der Waals surface area contributed by atoms with Crippen molar-refractivity contribution >= 4 is 26.1 Å². The lowest BCUT2D eigenvalue weighted by Crippen LogP contribution is -2.38. The number of methoxy groups -OCH3 is 2. The summed E-state index contributed by atoms with van der Waals surface area (Å²) in [6, 6.07) is 12.2. The van der Waals surface area contributed by atoms with E-state index in [0.29, 0.717) is 11.3 Å². The number of esters is 2. The lowest BCUT2D eigenvalue weighted by molar-refractivity contribution is -0.171. The van der Waals surface area contributed by atoms with Crippen LogP contribution in [0.15, 0.2) is 60.7 Å². The number of ether oxygens (including phenoxy) is 7. The van der Waals surface area contributed by atoms with Crippen LogP contribution in [-0.2, 0) is 23.7 Å². The molecular formula is C38H51F3O9Si. The van der Waals surface area contributed by atoms with E-state index >= 15 is 0 Å². The van der Waals surface area contributed by atoms with Gasteiger partial charge in [-0.25, -0.2) is 9.59 Å². The van der Waals surface area contributed by atoms with E-state index < -0.39 is 62.1 Å². The van der Waals surface area contributed by atoms with Crippen molar-refractivity contribution in [3.63, 3.8) is 0 Å². The van der Waals surface area contributed by atoms with Crippen molar-refractivity contribution in [1.29, 1.82) is 0 Å². The summed E-state index contributed by atoms with van der Waals surface area (Å²) in [5.74, 6) is -4.38. The quantitative estimate of drug-likeness (QED) is 0.0684. The Morgan fingerprint density at radius 3 is 2.27 bits per heavy atom. The maximum atomic E-state index is 13.9. The summed E-state index contributed by atoms with van der Waals surface area (Å²) in [7, 11) is 1.45. The molecule has 13 heteroatoms. The zero-order valence-corrected chi connectivity index (χ0v) is 31.9. The van der Waals surface area contributed by atoms with Gasteiger partial charge in [-0.3, -0.25) is 0 Å². The molecule has 3 rings (SSSR count). The molecule has 0 saturated carbocycles. The molecule has 1 fully saturated rings. The Morgan fingerprint density at radius 2 is 1.69 bits per heavy atom. The first-order valence-electron chi connectivity index (χ1n) is 16.9. The van der Waals surface area contributed by atoms with Crippen molar-refractivity contribution in [1.82, 2.24) is 0 Å². The van der Waals surface area contributed by atoms with E-state index in [1.807, 2.05) is 0 Å². The molecule has 3 unspecified atom stereocenters. The standard InChI is InChI=1S/C38H51F3O9Si/c1-25(2)29(38(39,40)41)18-19-30(48-35(42)26-14-11-10-12-15-26)34-31(49-37(3,4)50-34)17-13-16-27-22-28(45-6)23-32(47-24-44-5)33(27)36(43)46-20-21-51(7,8)9/h10-16,18-19,22-23,25,29-31,34H,17,20-21,24H2,1-9H3/b16-13+,19-18-/t29?,30?,31-,34?/m0/s1. The average Bonchev–Trinajstić information content (AvgIpc) is 3.35. The normalized spacial score (nSPS) is 19.0. The first-order chi connectivity index (χ1) is 23.8. The Labute approximate surface area is 300 Å². The highest BCUT2D eigenvalue weighted by molar-refractivity contribution is 6.76. The molecule has 0 spiro atoms. The molecule has 0 N–H and O–H groups in total. The van der Waals surface area contributed by atoms with Gasteiger partial charge in [0.1, 0.15) is 29.3 Å². The van der Waals surface area contributed by atoms with E-state index in [1.54, 1.807) is 68.5 Å². The fourth-order valence-electron chi connectivity index (χ4n) is 5.41. The molecule has 0 aliphatic carbocycles. The van der Waals surface area contributed by atoms with Crippen molar-refractivity contribution in [3.05, 3.63) is 77.4 Å². The Balaban J connectivity index is 1.99. The molecule has 282 valence electrons. The number of alkyl halides is 3. The van der Waals surface area contributed by atoms with Crippen LogP contribution in [0.5, 0.6) is 11.5 Å². The molecule has 1 saturated heterocycles. The number of rotatable bonds is 17. The van der Waals surface area contributed by atoms with Crippen molar-refractivity contribution in [3.8, 4) is 11.5 Å². The molecule has 0 aromatic heterocycles. The van der Waals surface area contributed by atoms with Crippen LogP contribution in [0.4, 0.5) is 13.2 Å². The second-order valence-electron chi connectivity index (χ2n) is 14.3. The van der Waals surface area contributed by atoms with Crippen LogP contribution in [0.1, 0.15) is 60.4 Å². The molecule has 0 bridgehead atoms. The number of benzene rings is 2. The minimum absolute atomic E-state index is 0.127. The van der Waals surface area contributed by atoms with Gasteiger partial charge in [0.2, 0.25) is 0 Å². The fraction of sp³-hybridized carbons (Fsp3) is 0.526. The Bertz CT molecular complexity index is 1500. The minimum atomic E-state index is -4.51. The number of carbonyl (C=O) groups is 2. The summed E-state index contributed by atoms with van der Waals surface area (Å²) in [6.07, 6.45) is -1.64. The maximum absolute atomic E-state index is 13.9. The summed E-state index contributed by atoms with van der Waals surface area (Å²) in [5, 5.41) is 0. The summed E-state index contributed by atoms with van der Waals surface area (Å²) < 4.78 is 82.0. The van der Waals surface area contributed by atoms with Crippen LogP contribution in [-0.4, -0.2) is 77.9 Å². The highest BCUT2D eigenvalue weighted by Crippen LogP contribution is 2.37. The van der Waals surface area contributed by atoms with Crippen molar-refractivity contribution < 1.29 is 55.9 Å². The van der Waals surface area contributed by atoms with Crippen LogP contribution < -0.4 is 9.47 Å². The maximum Gasteiger partial charge on any atom is 0.395 e. The highest BCUT2D eigenvalue weighted by atomic mass is 28.3. The molecule has 51 heavy (non-hydrogen) atoms. The van der Waals surface area contributed by atoms with Gasteiger partial charge < -0.3 is 33.2 Å². The van der Waals surface area contributed by atoms with Crippen LogP contribution in [0.2, 0.25) is 25.7 Å². The Kier molecular flexibility index (Phi) is 14.9. The largest absolute Gasteiger partial charge is 0.497 e. The van der Waals surface area contributed by atoms with Gasteiger partial charge in [0.25, 0.3) is 0 Å². The molecule has 9 nitrogen and oxygen atoms in total. The third-order valence-corrected chi connectivity index (χ3v) is 9.74. The van der Waals surface area contributed by atoms with Gasteiger partial charge >= 0.3 is 18.1 Å². The van der Waals surface area contributed by atoms with Gasteiger partial charge in [0, 0.05) is 21.3 Å². The second-order valence-corrected chi connectivity index (χ2v) is 19.9. The van der Waals surface area contributed by atoms with Crippen LogP contribution >= 0.6 is 0 Å². The molecule has 1 aliphatic heterocycles. The van der Waals surface area contributed by atoms with E-state index in [4.69, 9.17) is 33.2 Å². The van der Waals surface area contributed by atoms with Crippen LogP contribution in [0, 0.1) is 11.8 Å². The van der Waals surface area contributed by atoms with Gasteiger partial charge in [-0.1, -0.05) is 69.9 Å². The highest BCUT2D eigenvalue weighted by Gasteiger charge is 2.46. The SMILES string of the molecule is COCOc1cc(OC)cc(/C=C/C[C@@H]2OC(C)(C)OC2C(/C=C\C(C(C)C)C(F)(F)F)OC(=O)c2ccccc2)c1C(=O)OCC[Si](C)(C)C. The Morgan fingerprint density at radius 1 is 1.00 bits per heavy atom. The smallest absolute Gasteiger partial charge is 0.395 e. The van der Waals surface area contributed by atoms with E-state index in [1.165, 1.54) is 34.1 Å². The third-order valence-electron chi connectivity index (χ3n) is 8.03. The van der Waals surface area contributed by atoms with E-state index in [2.05, 4.69) is 19.6 Å². The number of allylic oxidation sites excluding steroid dienone is 1. The number of hydrogen-bond acceptors (Lipinski definition) is 9. The first-order valence-corrected chi connectivity index (χ1v) is 20.6. The molecule has 2 aromatic rings. The second kappa shape index (κ2) is 18.2. The first kappa shape index (κ1) is 41.8. The number of halogens is 3. The average molecular weight is 737 g/mol. The summed E-state index contributed by atoms with van der Waals surface area (Å²) in [6.45, 7) is 13.0. The van der Waals surface area contributed by atoms with E-state index in [-0.39, 0.29) is 36.7 Å². The van der Waals surface area contributed by atoms with Crippen LogP contribution in [0.3, 0.4) is 0 Å². The zero-order valence-electron chi connectivity index (χ0n) is 30.9. The van der Waals surface area contributed by atoms with Gasteiger partial charge in [-0.2, -0.15) is 13.2 Å². The third kappa shape index (κ3) is 12.8. The monoisotopic (exact) mass is 736 g/mol. The fourth-order valence-corrected chi connectivity index (χ4v) is 6.12. The summed E-state index contributed by atoms with van der Waals surface area (Å²) in [5.41, 5.74) is 0.838. The van der Waals surface area contributed by atoms with Crippen LogP contribution in [0.25, 0.3) is 6.08 Å². The topological polar surface area (TPSA) is 98.8 Å². The van der Waals surface area contributed by atoms with Gasteiger partial charge in [-0.15, -0.1) is 0 Å². The van der Waals surface area contributed by atoms with Crippen molar-refractivity contribution in [2.75, 3.05) is 27.6 Å². The van der Waals surface area contributed by atoms with Gasteiger partial charge in [0.05, 0.1) is 31.3 Å². The number of hydrogen-bond donors (Lipinski definition) is 0. The summed E-state index contributed by atoms with van der Waals surface area (Å²) >= 11 is 0. The molecule has 0 radical (unpaired) electrons. The molecule has 0 amide bonds. The molecule has 4 atom stereocenters. The van der Waals surface area contributed by atoms with Crippen molar-refractivity contribution in [2.24, 2.45) is 11.8 Å². The van der Waals surface area contributed by atoms with Crippen molar-refractivity contribution in [2.45, 2.75) is 90.1 Å². The predicted molar refractivity (Wildman–Crippen MR) is 191 cm³/mol. The Hall–Kier alpha value is -3.65. The van der Waals surface area contributed by atoms with Gasteiger partial charge in [0.15, 0.2) is 12.6 Å². The zero-order chi connectivity index (χ0) is 38.0. The minimum Gasteiger partial charge on any atom is -0.497 e. The molecule has 1 heterocycles. The lowest BCUT2D eigenvalue weighted by Gasteiger charge is -2.26. The van der Waals surface area contributed by atoms with E-state index in [9.17, 15) is 22.8 Å². The molecule has 1 aliphatic rings. The molecule has 2 aromatic carbocycles. The molecular weight excluding hydrogens is 685 g/mol. The summed E-state index contributed by atoms with van der Waals surface area (Å²) in [4.78, 5) is 26.7. The number of carbonyl (C=O) groups excluding carboxylic acids is 2. The lowest BCUT2D eigenvalue weighted by atomic mass is 9.93.